The molecule has 23 heavy (non-hydrogen) atoms. The molecule has 1 N–H and O–H groups in total. The molecule has 0 saturated carbocycles. The van der Waals surface area contributed by atoms with E-state index >= 15 is 0 Å². The maximum Gasteiger partial charge on any atom is 0.141 e. The summed E-state index contributed by atoms with van der Waals surface area (Å²) in [7, 11) is 0. The van der Waals surface area contributed by atoms with Crippen LogP contribution >= 0.6 is 34.8 Å². The number of benzene rings is 1. The second-order valence-corrected chi connectivity index (χ2v) is 7.04. The molecule has 3 rings (SSSR count). The van der Waals surface area contributed by atoms with Gasteiger partial charge in [-0.05, 0) is 43.7 Å². The Morgan fingerprint density at radius 2 is 2.00 bits per heavy atom. The largest absolute Gasteiger partial charge is 0.483 e. The number of aromatic nitrogens is 1. The van der Waals surface area contributed by atoms with E-state index in [1.165, 1.54) is 0 Å². The first-order valence-electron chi connectivity index (χ1n) is 7.48. The van der Waals surface area contributed by atoms with Crippen LogP contribution in [-0.4, -0.2) is 18.1 Å². The van der Waals surface area contributed by atoms with Crippen molar-refractivity contribution >= 4 is 34.8 Å². The zero-order chi connectivity index (χ0) is 16.4. The Bertz CT molecular complexity index is 679. The molecule has 0 spiro atoms. The molecule has 3 nitrogen and oxygen atoms in total. The fourth-order valence-corrected chi connectivity index (χ4v) is 3.74. The average Bonchev–Trinajstić information content (AvgIpc) is 3.00. The summed E-state index contributed by atoms with van der Waals surface area (Å²) in [6.07, 6.45) is 4.29. The Labute approximate surface area is 150 Å². The molecule has 0 bridgehead atoms. The van der Waals surface area contributed by atoms with Crippen LogP contribution in [0.4, 0.5) is 0 Å². The summed E-state index contributed by atoms with van der Waals surface area (Å²) >= 11 is 18.5. The predicted octanol–water partition coefficient (Wildman–Crippen LogP) is 5.08. The number of hydrogen-bond acceptors (Lipinski definition) is 3. The van der Waals surface area contributed by atoms with Crippen molar-refractivity contribution < 1.29 is 4.74 Å². The molecule has 1 saturated heterocycles. The van der Waals surface area contributed by atoms with E-state index < -0.39 is 0 Å². The first kappa shape index (κ1) is 16.8. The number of pyridine rings is 1. The van der Waals surface area contributed by atoms with Crippen molar-refractivity contribution in [3.63, 3.8) is 0 Å². The topological polar surface area (TPSA) is 34.1 Å². The number of ether oxygens (including phenoxy) is 1. The third kappa shape index (κ3) is 3.92. The van der Waals surface area contributed by atoms with Gasteiger partial charge in [0.15, 0.2) is 0 Å². The van der Waals surface area contributed by atoms with E-state index in [-0.39, 0.29) is 6.10 Å². The standard InChI is InChI=1S/C17H17Cl3N2O/c1-10-4-13(18)6-15(20)16(10)23-17(11-2-3-21-7-11)12-5-14(19)9-22-8-12/h4-6,8-9,11,17,21H,2-3,7H2,1H3/t11?,17-/m0/s1. The third-order valence-electron chi connectivity index (χ3n) is 4.02. The van der Waals surface area contributed by atoms with Gasteiger partial charge in [0, 0.05) is 35.4 Å². The first-order valence-corrected chi connectivity index (χ1v) is 8.61. The number of nitrogens with one attached hydrogen (secondary N) is 1. The number of rotatable bonds is 4. The number of hydrogen-bond donors (Lipinski definition) is 1. The van der Waals surface area contributed by atoms with Gasteiger partial charge in [-0.1, -0.05) is 34.8 Å². The van der Waals surface area contributed by atoms with Crippen molar-refractivity contribution in [2.75, 3.05) is 13.1 Å². The minimum atomic E-state index is -0.159. The summed E-state index contributed by atoms with van der Waals surface area (Å²) in [5.41, 5.74) is 1.87. The average molecular weight is 372 g/mol. The van der Waals surface area contributed by atoms with Gasteiger partial charge in [0.2, 0.25) is 0 Å². The summed E-state index contributed by atoms with van der Waals surface area (Å²) in [6.45, 7) is 3.81. The summed E-state index contributed by atoms with van der Waals surface area (Å²) in [5, 5.41) is 5.09. The maximum absolute atomic E-state index is 6.34. The highest BCUT2D eigenvalue weighted by atomic mass is 35.5. The lowest BCUT2D eigenvalue weighted by atomic mass is 9.95. The van der Waals surface area contributed by atoms with Gasteiger partial charge in [-0.2, -0.15) is 0 Å². The van der Waals surface area contributed by atoms with Gasteiger partial charge in [-0.3, -0.25) is 4.98 Å². The van der Waals surface area contributed by atoms with Crippen LogP contribution in [0.1, 0.15) is 23.7 Å². The van der Waals surface area contributed by atoms with E-state index in [1.807, 2.05) is 19.1 Å². The molecule has 2 aromatic rings. The lowest BCUT2D eigenvalue weighted by Gasteiger charge is -2.26. The first-order chi connectivity index (χ1) is 11.0. The highest BCUT2D eigenvalue weighted by molar-refractivity contribution is 6.35. The van der Waals surface area contributed by atoms with Crippen LogP contribution in [0, 0.1) is 12.8 Å². The summed E-state index contributed by atoms with van der Waals surface area (Å²) in [5.74, 6) is 0.995. The van der Waals surface area contributed by atoms with Crippen LogP contribution < -0.4 is 10.1 Å². The van der Waals surface area contributed by atoms with E-state index in [0.717, 1.165) is 30.6 Å². The van der Waals surface area contributed by atoms with Crippen molar-refractivity contribution in [2.24, 2.45) is 5.92 Å². The summed E-state index contributed by atoms with van der Waals surface area (Å²) < 4.78 is 6.33. The zero-order valence-electron chi connectivity index (χ0n) is 12.7. The van der Waals surface area contributed by atoms with Crippen molar-refractivity contribution in [1.82, 2.24) is 10.3 Å². The van der Waals surface area contributed by atoms with E-state index in [0.29, 0.717) is 26.7 Å². The van der Waals surface area contributed by atoms with E-state index in [1.54, 1.807) is 18.5 Å². The minimum absolute atomic E-state index is 0.159. The quantitative estimate of drug-likeness (QED) is 0.814. The molecule has 0 aliphatic carbocycles. The molecule has 2 heterocycles. The Morgan fingerprint density at radius 3 is 2.65 bits per heavy atom. The normalized spacial score (nSPS) is 18.9. The monoisotopic (exact) mass is 370 g/mol. The molecule has 1 unspecified atom stereocenters. The Hall–Kier alpha value is -1.00. The fraction of sp³-hybridized carbons (Fsp3) is 0.353. The van der Waals surface area contributed by atoms with Gasteiger partial charge in [-0.15, -0.1) is 0 Å². The van der Waals surface area contributed by atoms with Crippen LogP contribution in [0.5, 0.6) is 5.75 Å². The molecular weight excluding hydrogens is 355 g/mol. The van der Waals surface area contributed by atoms with Crippen LogP contribution in [0.15, 0.2) is 30.6 Å². The van der Waals surface area contributed by atoms with Gasteiger partial charge >= 0.3 is 0 Å². The Kier molecular flexibility index (Phi) is 5.32. The molecule has 1 aliphatic rings. The zero-order valence-corrected chi connectivity index (χ0v) is 14.9. The van der Waals surface area contributed by atoms with Crippen molar-refractivity contribution in [1.29, 1.82) is 0 Å². The van der Waals surface area contributed by atoms with Crippen molar-refractivity contribution in [3.8, 4) is 5.75 Å². The van der Waals surface area contributed by atoms with Gasteiger partial charge in [0.1, 0.15) is 11.9 Å². The summed E-state index contributed by atoms with van der Waals surface area (Å²) in [6, 6.07) is 5.45. The molecule has 0 radical (unpaired) electrons. The Balaban J connectivity index is 1.96. The highest BCUT2D eigenvalue weighted by Crippen LogP contribution is 2.38. The minimum Gasteiger partial charge on any atom is -0.483 e. The van der Waals surface area contributed by atoms with Crippen molar-refractivity contribution in [3.05, 3.63) is 56.8 Å². The van der Waals surface area contributed by atoms with Gasteiger partial charge in [-0.25, -0.2) is 0 Å². The van der Waals surface area contributed by atoms with Crippen molar-refractivity contribution in [2.45, 2.75) is 19.4 Å². The van der Waals surface area contributed by atoms with Crippen LogP contribution in [-0.2, 0) is 0 Å². The van der Waals surface area contributed by atoms with Gasteiger partial charge < -0.3 is 10.1 Å². The number of aryl methyl sites for hydroxylation is 1. The smallest absolute Gasteiger partial charge is 0.141 e. The predicted molar refractivity (Wildman–Crippen MR) is 94.8 cm³/mol. The molecule has 0 amide bonds. The molecule has 2 atom stereocenters. The fourth-order valence-electron chi connectivity index (χ4n) is 2.92. The summed E-state index contributed by atoms with van der Waals surface area (Å²) in [4.78, 5) is 4.19. The number of nitrogens with zero attached hydrogens (tertiary/aromatic N) is 1. The van der Waals surface area contributed by atoms with Crippen LogP contribution in [0.2, 0.25) is 15.1 Å². The molecule has 1 aromatic carbocycles. The number of halogens is 3. The molecule has 122 valence electrons. The lowest BCUT2D eigenvalue weighted by Crippen LogP contribution is -2.22. The van der Waals surface area contributed by atoms with E-state index in [4.69, 9.17) is 39.5 Å². The molecule has 6 heteroatoms. The van der Waals surface area contributed by atoms with E-state index in [9.17, 15) is 0 Å². The molecular formula is C17H17Cl3N2O. The SMILES string of the molecule is Cc1cc(Cl)cc(Cl)c1O[C@H](c1cncc(Cl)c1)C1CCNC1. The van der Waals surface area contributed by atoms with E-state index in [2.05, 4.69) is 10.3 Å². The van der Waals surface area contributed by atoms with Gasteiger partial charge in [0.05, 0.1) is 10.0 Å². The highest BCUT2D eigenvalue weighted by Gasteiger charge is 2.29. The van der Waals surface area contributed by atoms with Gasteiger partial charge in [0.25, 0.3) is 0 Å². The second-order valence-electron chi connectivity index (χ2n) is 5.76. The molecule has 1 aromatic heterocycles. The Morgan fingerprint density at radius 1 is 1.17 bits per heavy atom. The molecule has 1 fully saturated rings. The van der Waals surface area contributed by atoms with Crippen LogP contribution in [0.25, 0.3) is 0 Å². The third-order valence-corrected chi connectivity index (χ3v) is 4.73. The maximum atomic E-state index is 6.34. The van der Waals surface area contributed by atoms with Crippen LogP contribution in [0.3, 0.4) is 0 Å². The second kappa shape index (κ2) is 7.27. The molecule has 1 aliphatic heterocycles. The lowest BCUT2D eigenvalue weighted by molar-refractivity contribution is 0.143.